The maximum Gasteiger partial charge on any atom is 0.322 e. The van der Waals surface area contributed by atoms with Gasteiger partial charge in [-0.05, 0) is 93.1 Å². The number of likely N-dealkylation sites (N-methyl/N-ethyl adjacent to an activating group) is 1. The molecule has 18 heteroatoms. The van der Waals surface area contributed by atoms with Crippen LogP contribution in [-0.2, 0) is 35.2 Å². The molecular formula is C54H75Cl2FN8O7. The smallest absolute Gasteiger partial charge is 0.322 e. The number of nitrogens with one attached hydrogen (secondary N) is 4. The van der Waals surface area contributed by atoms with Crippen LogP contribution >= 0.6 is 23.2 Å². The zero-order valence-electron chi connectivity index (χ0n) is 42.9. The molecule has 0 bridgehead atoms. The fourth-order valence-electron chi connectivity index (χ4n) is 10.8. The number of anilines is 3. The molecule has 6 atom stereocenters. The number of hydrogen-bond donors (Lipinski definition) is 5. The fraction of sp³-hybridized carbons (Fsp3) is 0.556. The summed E-state index contributed by atoms with van der Waals surface area (Å²) in [7, 11) is 5.57. The third kappa shape index (κ3) is 14.3. The largest absolute Gasteiger partial charge is 0.480 e. The topological polar surface area (TPSA) is 184 Å². The van der Waals surface area contributed by atoms with Crippen molar-refractivity contribution in [3.8, 4) is 0 Å². The lowest BCUT2D eigenvalue weighted by Crippen LogP contribution is -2.55. The van der Waals surface area contributed by atoms with E-state index < -0.39 is 47.3 Å². The van der Waals surface area contributed by atoms with Crippen LogP contribution in [0.3, 0.4) is 0 Å². The summed E-state index contributed by atoms with van der Waals surface area (Å²) in [6.07, 6.45) is 11.6. The molecule has 4 fully saturated rings. The van der Waals surface area contributed by atoms with Gasteiger partial charge in [-0.15, -0.1) is 0 Å². The number of imide groups is 1. The lowest BCUT2D eigenvalue weighted by atomic mass is 9.70. The quantitative estimate of drug-likeness (QED) is 0.0471. The van der Waals surface area contributed by atoms with E-state index in [2.05, 4.69) is 40.0 Å². The molecule has 4 unspecified atom stereocenters. The van der Waals surface area contributed by atoms with Crippen LogP contribution in [0.15, 0.2) is 54.6 Å². The predicted molar refractivity (Wildman–Crippen MR) is 284 cm³/mol. The number of carbonyl (C=O) groups excluding carboxylic acids is 5. The van der Waals surface area contributed by atoms with Crippen LogP contribution < -0.4 is 31.1 Å². The molecule has 1 saturated carbocycles. The highest BCUT2D eigenvalue weighted by Gasteiger charge is 2.55. The minimum absolute atomic E-state index is 0.0228. The predicted octanol–water partition coefficient (Wildman–Crippen LogP) is 8.12. The number of halogens is 3. The standard InChI is InChI=1S/C30H38Cl2FN3O2.C22H31N5O5.C2H6/c1-3-4-8-16-30(2)26(21-15-14-19(31)17-24(21)34-18-37)25(22-12-9-13-23(32)27(22)33)28(36-30)29(38)35-20-10-6-5-7-11-20;1-24(2)18-12-15(8-9-26-11-10-25(3)19(13-26)22(31)32)4-5-16(18)27(14-28)17-6-7-20(29)23-21(17)30;1-2/h9,12-15,17-18,20,25-26,28,36H,3-8,10-11,16H2,1-2H3,(H,34,37)(H,35,38);4-5,12,14,17,19H,6-11,13H2,1-3H3,(H,31,32)(H,23,29,30);1-2H3/t25-,26?,28-,30?;;/m1../s1. The number of piperazine rings is 1. The lowest BCUT2D eigenvalue weighted by molar-refractivity contribution is -0.145. The molecule has 0 radical (unpaired) electrons. The van der Waals surface area contributed by atoms with Crippen molar-refractivity contribution in [1.82, 2.24) is 25.8 Å². The number of benzene rings is 3. The highest BCUT2D eigenvalue weighted by atomic mass is 35.5. The van der Waals surface area contributed by atoms with E-state index in [4.69, 9.17) is 23.2 Å². The molecule has 5 N–H and O–H groups in total. The molecule has 3 aromatic rings. The maximum atomic E-state index is 15.7. The zero-order valence-corrected chi connectivity index (χ0v) is 44.5. The number of carbonyl (C=O) groups is 6. The number of nitrogens with zero attached hydrogens (tertiary/aromatic N) is 4. The number of carboxylic acids is 1. The molecule has 1 aliphatic carbocycles. The number of aliphatic carboxylic acids is 1. The Balaban J connectivity index is 0.000000262. The van der Waals surface area contributed by atoms with Gasteiger partial charge in [-0.3, -0.25) is 49.2 Å². The molecule has 394 valence electrons. The molecule has 0 spiro atoms. The summed E-state index contributed by atoms with van der Waals surface area (Å²) < 4.78 is 15.7. The van der Waals surface area contributed by atoms with E-state index in [0.29, 0.717) is 47.9 Å². The summed E-state index contributed by atoms with van der Waals surface area (Å²) in [6, 6.07) is 14.3. The maximum absolute atomic E-state index is 15.7. The first kappa shape index (κ1) is 57.8. The van der Waals surface area contributed by atoms with Crippen molar-refractivity contribution in [2.45, 2.75) is 146 Å². The first-order chi connectivity index (χ1) is 34.5. The first-order valence-corrected chi connectivity index (χ1v) is 26.3. The van der Waals surface area contributed by atoms with Crippen molar-refractivity contribution in [1.29, 1.82) is 0 Å². The first-order valence-electron chi connectivity index (χ1n) is 25.5. The normalized spacial score (nSPS) is 23.6. The molecule has 0 aromatic heterocycles. The summed E-state index contributed by atoms with van der Waals surface area (Å²) >= 11 is 12.6. The third-order valence-electron chi connectivity index (χ3n) is 14.5. The Bertz CT molecular complexity index is 2350. The molecule has 3 heterocycles. The fourth-order valence-corrected chi connectivity index (χ4v) is 11.1. The van der Waals surface area contributed by atoms with Crippen LogP contribution in [0.4, 0.5) is 21.5 Å². The Kier molecular flexibility index (Phi) is 21.9. The molecule has 3 aliphatic heterocycles. The van der Waals surface area contributed by atoms with E-state index in [1.54, 1.807) is 24.3 Å². The Hall–Kier alpha value is -5.13. The molecule has 7 rings (SSSR count). The second-order valence-electron chi connectivity index (χ2n) is 19.6. The van der Waals surface area contributed by atoms with E-state index in [1.165, 1.54) is 17.4 Å². The van der Waals surface area contributed by atoms with Gasteiger partial charge in [-0.2, -0.15) is 0 Å². The molecular weight excluding hydrogens is 963 g/mol. The van der Waals surface area contributed by atoms with Crippen molar-refractivity contribution in [3.63, 3.8) is 0 Å². The van der Waals surface area contributed by atoms with Crippen molar-refractivity contribution < 1.29 is 38.3 Å². The van der Waals surface area contributed by atoms with E-state index in [0.717, 1.165) is 87.7 Å². The summed E-state index contributed by atoms with van der Waals surface area (Å²) in [5.41, 5.74) is 3.65. The zero-order chi connectivity index (χ0) is 52.7. The minimum Gasteiger partial charge on any atom is -0.480 e. The molecule has 4 aliphatic rings. The van der Waals surface area contributed by atoms with Crippen molar-refractivity contribution in [2.75, 3.05) is 62.4 Å². The molecule has 3 saturated heterocycles. The molecule has 72 heavy (non-hydrogen) atoms. The van der Waals surface area contributed by atoms with E-state index in [1.807, 2.05) is 69.1 Å². The average molecular weight is 1040 g/mol. The van der Waals surface area contributed by atoms with Crippen molar-refractivity contribution in [2.24, 2.45) is 0 Å². The van der Waals surface area contributed by atoms with Gasteiger partial charge < -0.3 is 25.5 Å². The number of amides is 5. The number of hydrogen-bond acceptors (Lipinski definition) is 10. The summed E-state index contributed by atoms with van der Waals surface area (Å²) in [5, 5.41) is 21.9. The Morgan fingerprint density at radius 2 is 1.69 bits per heavy atom. The molecule has 5 amide bonds. The van der Waals surface area contributed by atoms with Gasteiger partial charge in [0.1, 0.15) is 17.9 Å². The van der Waals surface area contributed by atoms with Crippen LogP contribution in [0, 0.1) is 5.82 Å². The molecule has 3 aromatic carbocycles. The minimum atomic E-state index is -0.807. The summed E-state index contributed by atoms with van der Waals surface area (Å²) in [4.78, 5) is 79.9. The van der Waals surface area contributed by atoms with Gasteiger partial charge >= 0.3 is 5.97 Å². The van der Waals surface area contributed by atoms with Gasteiger partial charge in [0.25, 0.3) is 0 Å². The summed E-state index contributed by atoms with van der Waals surface area (Å²) in [5.74, 6) is -3.13. The van der Waals surface area contributed by atoms with Gasteiger partial charge in [0.05, 0.1) is 22.4 Å². The SMILES string of the molecule is CC.CCCCCC1(C)N[C@@H](C(=O)NC2CCCCC2)[C@H](c2cccc(Cl)c2F)C1c1ccc(Cl)cc1NC=O.CN(C)c1cc(CCN2CCN(C)C(C(=O)O)C2)ccc1N(C=O)C1CCC(=O)NC1=O. The Labute approximate surface area is 434 Å². The molecule has 15 nitrogen and oxygen atoms in total. The van der Waals surface area contributed by atoms with Crippen LogP contribution in [-0.4, -0.2) is 128 Å². The number of rotatable bonds is 18. The van der Waals surface area contributed by atoms with Crippen LogP contribution in [0.25, 0.3) is 0 Å². The second kappa shape index (κ2) is 27.2. The van der Waals surface area contributed by atoms with E-state index in [9.17, 15) is 33.9 Å². The third-order valence-corrected chi connectivity index (χ3v) is 15.0. The summed E-state index contributed by atoms with van der Waals surface area (Å²) in [6.45, 7) is 11.0. The lowest BCUT2D eigenvalue weighted by Gasteiger charge is -2.37. The van der Waals surface area contributed by atoms with Gasteiger partial charge in [0, 0.05) is 80.8 Å². The monoisotopic (exact) mass is 1040 g/mol. The Morgan fingerprint density at radius 1 is 0.958 bits per heavy atom. The number of piperidine rings is 1. The van der Waals surface area contributed by atoms with Gasteiger partial charge in [0.2, 0.25) is 30.5 Å². The van der Waals surface area contributed by atoms with E-state index >= 15 is 4.39 Å². The number of unbranched alkanes of at least 4 members (excludes halogenated alkanes) is 2. The van der Waals surface area contributed by atoms with E-state index in [-0.39, 0.29) is 41.6 Å². The van der Waals surface area contributed by atoms with Gasteiger partial charge in [-0.25, -0.2) is 4.39 Å². The van der Waals surface area contributed by atoms with Crippen LogP contribution in [0.2, 0.25) is 10.0 Å². The van der Waals surface area contributed by atoms with Gasteiger partial charge in [0.15, 0.2) is 0 Å². The highest BCUT2D eigenvalue weighted by Crippen LogP contribution is 2.53. The Morgan fingerprint density at radius 3 is 2.35 bits per heavy atom. The van der Waals surface area contributed by atoms with Gasteiger partial charge in [-0.1, -0.05) is 107 Å². The van der Waals surface area contributed by atoms with Crippen molar-refractivity contribution in [3.05, 3.63) is 87.2 Å². The number of carboxylic acid groups (broad SMARTS) is 1. The highest BCUT2D eigenvalue weighted by molar-refractivity contribution is 6.31. The van der Waals surface area contributed by atoms with Crippen LogP contribution in [0.1, 0.15) is 127 Å². The average Bonchev–Trinajstić information content (AvgIpc) is 3.66. The second-order valence-corrected chi connectivity index (χ2v) is 20.4. The van der Waals surface area contributed by atoms with Crippen molar-refractivity contribution >= 4 is 76.8 Å². The van der Waals surface area contributed by atoms with Crippen LogP contribution in [0.5, 0.6) is 0 Å².